The van der Waals surface area contributed by atoms with Gasteiger partial charge in [0.2, 0.25) is 5.60 Å². The number of aliphatic carboxylic acids is 1. The minimum atomic E-state index is -1.25. The number of carbonyl (C=O) groups is 1. The molecule has 1 N–H and O–H groups in total. The van der Waals surface area contributed by atoms with Gasteiger partial charge in [-0.05, 0) is 49.8 Å². The molecule has 0 aliphatic rings. The number of hydrogen-bond donors (Lipinski definition) is 1. The van der Waals surface area contributed by atoms with Gasteiger partial charge in [0.1, 0.15) is 23.8 Å². The molecule has 3 rings (SSSR count). The van der Waals surface area contributed by atoms with Gasteiger partial charge in [-0.2, -0.15) is 0 Å². The van der Waals surface area contributed by atoms with Crippen molar-refractivity contribution in [2.75, 3.05) is 6.61 Å². The lowest BCUT2D eigenvalue weighted by atomic mass is 10.0. The highest BCUT2D eigenvalue weighted by molar-refractivity contribution is 5.77. The third kappa shape index (κ3) is 5.25. The van der Waals surface area contributed by atoms with E-state index in [9.17, 15) is 9.90 Å². The van der Waals surface area contributed by atoms with Crippen molar-refractivity contribution in [2.45, 2.75) is 25.9 Å². The van der Waals surface area contributed by atoms with Crippen LogP contribution in [0.1, 0.15) is 26.0 Å². The second-order valence-corrected chi connectivity index (χ2v) is 6.66. The monoisotopic (exact) mass is 393 g/mol. The molecule has 1 unspecified atom stereocenters. The van der Waals surface area contributed by atoms with Crippen LogP contribution >= 0.6 is 0 Å². The predicted octanol–water partition coefficient (Wildman–Crippen LogP) is 5.07. The second-order valence-electron chi connectivity index (χ2n) is 6.66. The fraction of sp³-hybridized carbons (Fsp3) is 0.217. The SMILES string of the molecule is CCC(C)(Oc1ccc(OCC=Cc2cc(-c3ccccc3)no2)cc1)C(=O)O. The quantitative estimate of drug-likeness (QED) is 0.547. The van der Waals surface area contributed by atoms with E-state index in [2.05, 4.69) is 5.16 Å². The van der Waals surface area contributed by atoms with Crippen molar-refractivity contribution in [3.63, 3.8) is 0 Å². The van der Waals surface area contributed by atoms with Gasteiger partial charge < -0.3 is 19.1 Å². The Kier molecular flexibility index (Phi) is 6.34. The van der Waals surface area contributed by atoms with Crippen molar-refractivity contribution in [1.29, 1.82) is 0 Å². The molecule has 0 amide bonds. The Morgan fingerprint density at radius 2 is 1.83 bits per heavy atom. The van der Waals surface area contributed by atoms with Crippen LogP contribution in [0.2, 0.25) is 0 Å². The molecule has 150 valence electrons. The zero-order valence-electron chi connectivity index (χ0n) is 16.4. The molecule has 1 atom stereocenters. The Hall–Kier alpha value is -3.54. The molecule has 6 heteroatoms. The van der Waals surface area contributed by atoms with E-state index >= 15 is 0 Å². The lowest BCUT2D eigenvalue weighted by Crippen LogP contribution is -2.40. The van der Waals surface area contributed by atoms with Crippen LogP contribution < -0.4 is 9.47 Å². The van der Waals surface area contributed by atoms with Gasteiger partial charge in [-0.15, -0.1) is 0 Å². The van der Waals surface area contributed by atoms with E-state index in [1.165, 1.54) is 0 Å². The highest BCUT2D eigenvalue weighted by Crippen LogP contribution is 2.24. The van der Waals surface area contributed by atoms with E-state index in [0.717, 1.165) is 11.3 Å². The lowest BCUT2D eigenvalue weighted by molar-refractivity contribution is -0.154. The molecule has 0 saturated heterocycles. The number of ether oxygens (including phenoxy) is 2. The number of benzene rings is 2. The van der Waals surface area contributed by atoms with Crippen molar-refractivity contribution < 1.29 is 23.9 Å². The topological polar surface area (TPSA) is 81.8 Å². The van der Waals surface area contributed by atoms with E-state index < -0.39 is 11.6 Å². The van der Waals surface area contributed by atoms with Gasteiger partial charge >= 0.3 is 5.97 Å². The van der Waals surface area contributed by atoms with Crippen molar-refractivity contribution in [2.24, 2.45) is 0 Å². The first kappa shape index (κ1) is 20.2. The smallest absolute Gasteiger partial charge is 0.347 e. The Labute approximate surface area is 169 Å². The lowest BCUT2D eigenvalue weighted by Gasteiger charge is -2.24. The van der Waals surface area contributed by atoms with Gasteiger partial charge in [0.15, 0.2) is 5.76 Å². The summed E-state index contributed by atoms with van der Waals surface area (Å²) in [5.74, 6) is 0.782. The summed E-state index contributed by atoms with van der Waals surface area (Å²) in [6.07, 6.45) is 3.99. The van der Waals surface area contributed by atoms with E-state index in [-0.39, 0.29) is 0 Å². The first-order chi connectivity index (χ1) is 14.0. The van der Waals surface area contributed by atoms with Crippen LogP contribution in [0.3, 0.4) is 0 Å². The van der Waals surface area contributed by atoms with Crippen LogP contribution in [-0.2, 0) is 4.79 Å². The summed E-state index contributed by atoms with van der Waals surface area (Å²) < 4.78 is 16.6. The Balaban J connectivity index is 1.52. The first-order valence-corrected chi connectivity index (χ1v) is 9.34. The second kappa shape index (κ2) is 9.10. The molecular formula is C23H23NO5. The van der Waals surface area contributed by atoms with Crippen LogP contribution in [0.5, 0.6) is 11.5 Å². The maximum atomic E-state index is 11.3. The van der Waals surface area contributed by atoms with Crippen molar-refractivity contribution >= 4 is 12.0 Å². The molecule has 0 saturated carbocycles. The highest BCUT2D eigenvalue weighted by atomic mass is 16.5. The van der Waals surface area contributed by atoms with Gasteiger partial charge in [-0.25, -0.2) is 4.79 Å². The minimum absolute atomic E-state index is 0.351. The highest BCUT2D eigenvalue weighted by Gasteiger charge is 2.33. The summed E-state index contributed by atoms with van der Waals surface area (Å²) in [6, 6.07) is 18.5. The van der Waals surface area contributed by atoms with E-state index in [0.29, 0.717) is 30.3 Å². The number of nitrogens with zero attached hydrogens (tertiary/aromatic N) is 1. The maximum absolute atomic E-state index is 11.3. The Morgan fingerprint density at radius 3 is 2.48 bits per heavy atom. The predicted molar refractivity (Wildman–Crippen MR) is 110 cm³/mol. The molecule has 3 aromatic rings. The van der Waals surface area contributed by atoms with Gasteiger partial charge in [-0.1, -0.05) is 42.4 Å². The maximum Gasteiger partial charge on any atom is 0.347 e. The van der Waals surface area contributed by atoms with Crippen LogP contribution in [0.25, 0.3) is 17.3 Å². The molecule has 0 fully saturated rings. The summed E-state index contributed by atoms with van der Waals surface area (Å²) >= 11 is 0. The van der Waals surface area contributed by atoms with Crippen LogP contribution in [0, 0.1) is 0 Å². The molecule has 0 spiro atoms. The van der Waals surface area contributed by atoms with Crippen molar-refractivity contribution in [3.05, 3.63) is 72.5 Å². The van der Waals surface area contributed by atoms with Crippen LogP contribution in [0.15, 0.2) is 71.3 Å². The van der Waals surface area contributed by atoms with E-state index in [1.807, 2.05) is 42.5 Å². The summed E-state index contributed by atoms with van der Waals surface area (Å²) in [5, 5.41) is 13.3. The summed E-state index contributed by atoms with van der Waals surface area (Å²) in [6.45, 7) is 3.68. The number of rotatable bonds is 9. The standard InChI is InChI=1S/C23H23NO5/c1-3-23(2,22(25)26)28-19-13-11-18(12-14-19)27-15-7-10-20-16-21(24-29-20)17-8-5-4-6-9-17/h4-14,16H,3,15H2,1-2H3,(H,25,26). The van der Waals surface area contributed by atoms with Crippen molar-refractivity contribution in [1.82, 2.24) is 5.16 Å². The summed E-state index contributed by atoms with van der Waals surface area (Å²) in [4.78, 5) is 11.3. The normalized spacial score (nSPS) is 13.2. The number of hydrogen-bond acceptors (Lipinski definition) is 5. The summed E-state index contributed by atoms with van der Waals surface area (Å²) in [7, 11) is 0. The van der Waals surface area contributed by atoms with Crippen molar-refractivity contribution in [3.8, 4) is 22.8 Å². The number of carboxylic acids is 1. The van der Waals surface area contributed by atoms with E-state index in [4.69, 9.17) is 14.0 Å². The van der Waals surface area contributed by atoms with Gasteiger partial charge in [-0.3, -0.25) is 0 Å². The van der Waals surface area contributed by atoms with Gasteiger partial charge in [0.25, 0.3) is 0 Å². The van der Waals surface area contributed by atoms with Crippen LogP contribution in [0.4, 0.5) is 0 Å². The molecule has 1 aromatic heterocycles. The molecule has 0 radical (unpaired) electrons. The average Bonchev–Trinajstić information content (AvgIpc) is 3.22. The largest absolute Gasteiger partial charge is 0.490 e. The molecule has 0 aliphatic carbocycles. The third-order valence-electron chi connectivity index (χ3n) is 4.52. The molecule has 0 aliphatic heterocycles. The molecule has 29 heavy (non-hydrogen) atoms. The Morgan fingerprint density at radius 1 is 1.14 bits per heavy atom. The van der Waals surface area contributed by atoms with Crippen LogP contribution in [-0.4, -0.2) is 28.4 Å². The fourth-order valence-corrected chi connectivity index (χ4v) is 2.55. The molecule has 0 bridgehead atoms. The number of aromatic nitrogens is 1. The first-order valence-electron chi connectivity index (χ1n) is 9.34. The third-order valence-corrected chi connectivity index (χ3v) is 4.52. The minimum Gasteiger partial charge on any atom is -0.490 e. The number of carboxylic acid groups (broad SMARTS) is 1. The Bertz CT molecular complexity index is 962. The summed E-state index contributed by atoms with van der Waals surface area (Å²) in [5.41, 5.74) is 0.527. The zero-order valence-corrected chi connectivity index (χ0v) is 16.4. The molecule has 6 nitrogen and oxygen atoms in total. The van der Waals surface area contributed by atoms with Gasteiger partial charge in [0.05, 0.1) is 0 Å². The molecule has 2 aromatic carbocycles. The van der Waals surface area contributed by atoms with E-state index in [1.54, 1.807) is 44.2 Å². The molecule has 1 heterocycles. The fourth-order valence-electron chi connectivity index (χ4n) is 2.55. The zero-order chi connectivity index (χ0) is 20.7. The van der Waals surface area contributed by atoms with Gasteiger partial charge in [0, 0.05) is 11.6 Å². The average molecular weight is 393 g/mol. The molecular weight excluding hydrogens is 370 g/mol.